The average Bonchev–Trinajstić information content (AvgIpc) is 2.95. The largest absolute Gasteiger partial charge is 0.508 e. The maximum absolute atomic E-state index is 13.4. The highest BCUT2D eigenvalue weighted by atomic mass is 16.3. The van der Waals surface area contributed by atoms with Crippen molar-refractivity contribution in [1.82, 2.24) is 21.3 Å². The number of carbonyl (C=O) groups is 3. The van der Waals surface area contributed by atoms with Gasteiger partial charge in [-0.1, -0.05) is 12.1 Å². The monoisotopic (exact) mass is 569 g/mol. The lowest BCUT2D eigenvalue weighted by molar-refractivity contribution is -0.132. The number of rotatable bonds is 11. The van der Waals surface area contributed by atoms with Gasteiger partial charge in [0.2, 0.25) is 17.7 Å². The summed E-state index contributed by atoms with van der Waals surface area (Å²) in [6.45, 7) is 2.77. The number of amides is 3. The molecule has 0 aliphatic carbocycles. The first kappa shape index (κ1) is 31.8. The molecule has 0 saturated heterocycles. The van der Waals surface area contributed by atoms with Crippen LogP contribution in [0.5, 0.6) is 11.5 Å². The van der Waals surface area contributed by atoms with Gasteiger partial charge in [0.1, 0.15) is 23.6 Å². The molecule has 3 atom stereocenters. The highest BCUT2D eigenvalue weighted by Crippen LogP contribution is 2.30. The summed E-state index contributed by atoms with van der Waals surface area (Å²) in [5.74, 6) is -1.58. The van der Waals surface area contributed by atoms with Gasteiger partial charge in [-0.3, -0.25) is 14.4 Å². The first-order valence-electron chi connectivity index (χ1n) is 14.1. The summed E-state index contributed by atoms with van der Waals surface area (Å²) in [5, 5.41) is 32.7. The van der Waals surface area contributed by atoms with Gasteiger partial charge < -0.3 is 48.7 Å². The van der Waals surface area contributed by atoms with Crippen LogP contribution in [0.4, 0.5) is 0 Å². The summed E-state index contributed by atoms with van der Waals surface area (Å²) in [7, 11) is 0. The van der Waals surface area contributed by atoms with Gasteiger partial charge in [-0.2, -0.15) is 0 Å². The molecule has 1 aliphatic rings. The zero-order valence-corrected chi connectivity index (χ0v) is 23.3. The molecule has 0 aromatic heterocycles. The minimum absolute atomic E-state index is 0.00794. The van der Waals surface area contributed by atoms with Crippen molar-refractivity contribution >= 4 is 17.7 Å². The topological polar surface area (TPSA) is 218 Å². The molecule has 12 N–H and O–H groups in total. The van der Waals surface area contributed by atoms with Gasteiger partial charge in [0.15, 0.2) is 0 Å². The van der Waals surface area contributed by atoms with Crippen LogP contribution in [-0.2, 0) is 27.2 Å². The van der Waals surface area contributed by atoms with Gasteiger partial charge in [-0.25, -0.2) is 0 Å². The summed E-state index contributed by atoms with van der Waals surface area (Å²) < 4.78 is 0. The van der Waals surface area contributed by atoms with E-state index in [0.717, 1.165) is 24.1 Å². The Morgan fingerprint density at radius 2 is 1.44 bits per heavy atom. The van der Waals surface area contributed by atoms with Crippen LogP contribution in [0, 0.1) is 0 Å². The molecule has 2 aromatic rings. The van der Waals surface area contributed by atoms with Crippen LogP contribution < -0.4 is 38.5 Å². The number of phenols is 2. The molecule has 1 aliphatic heterocycles. The Morgan fingerprint density at radius 1 is 0.829 bits per heavy atom. The molecular weight excluding hydrogens is 526 g/mol. The minimum Gasteiger partial charge on any atom is -0.508 e. The lowest BCUT2D eigenvalue weighted by atomic mass is 9.95. The van der Waals surface area contributed by atoms with Gasteiger partial charge in [0.05, 0.1) is 6.04 Å². The number of carbonyl (C=O) groups excluding carboxylic acids is 3. The van der Waals surface area contributed by atoms with Gasteiger partial charge >= 0.3 is 0 Å². The summed E-state index contributed by atoms with van der Waals surface area (Å²) in [6.07, 6.45) is 2.27. The van der Waals surface area contributed by atoms with Crippen LogP contribution in [0.3, 0.4) is 0 Å². The number of benzene rings is 2. The normalized spacial score (nSPS) is 19.4. The van der Waals surface area contributed by atoms with E-state index in [1.165, 1.54) is 12.1 Å². The Kier molecular flexibility index (Phi) is 12.3. The molecule has 0 fully saturated rings. The molecule has 0 radical (unpaired) electrons. The van der Waals surface area contributed by atoms with Crippen LogP contribution in [0.1, 0.15) is 36.8 Å². The fourth-order valence-electron chi connectivity index (χ4n) is 4.66. The maximum Gasteiger partial charge on any atom is 0.243 e. The lowest BCUT2D eigenvalue weighted by Gasteiger charge is -2.24. The molecule has 2 aromatic carbocycles. The third kappa shape index (κ3) is 9.42. The zero-order valence-electron chi connectivity index (χ0n) is 23.3. The van der Waals surface area contributed by atoms with E-state index in [4.69, 9.17) is 17.2 Å². The molecule has 1 heterocycles. The van der Waals surface area contributed by atoms with Crippen LogP contribution in [0.15, 0.2) is 36.4 Å². The van der Waals surface area contributed by atoms with Gasteiger partial charge in [-0.15, -0.1) is 0 Å². The Labute approximate surface area is 240 Å². The van der Waals surface area contributed by atoms with Crippen molar-refractivity contribution in [3.8, 4) is 22.6 Å². The third-order valence-electron chi connectivity index (χ3n) is 7.04. The smallest absolute Gasteiger partial charge is 0.243 e. The Hall–Kier alpha value is -3.71. The first-order valence-corrected chi connectivity index (χ1v) is 14.1. The molecule has 0 saturated carbocycles. The highest BCUT2D eigenvalue weighted by Gasteiger charge is 2.29. The van der Waals surface area contributed by atoms with Crippen LogP contribution >= 0.6 is 0 Å². The van der Waals surface area contributed by atoms with Crippen molar-refractivity contribution in [2.45, 2.75) is 56.7 Å². The summed E-state index contributed by atoms with van der Waals surface area (Å²) >= 11 is 0. The number of hydrogen-bond acceptors (Lipinski definition) is 9. The molecule has 12 heteroatoms. The molecule has 0 spiro atoms. The van der Waals surface area contributed by atoms with E-state index in [0.29, 0.717) is 50.1 Å². The van der Waals surface area contributed by atoms with E-state index >= 15 is 0 Å². The van der Waals surface area contributed by atoms with Crippen molar-refractivity contribution < 1.29 is 24.6 Å². The first-order chi connectivity index (χ1) is 19.7. The van der Waals surface area contributed by atoms with Crippen LogP contribution in [0.2, 0.25) is 0 Å². The standard InChI is InChI=1S/C29H43N7O5/c30-9-1-4-23-29(41)36-24(28(40)34-13-3-12-33-11-2-10-31)17-21-15-19(6-8-26(21)38)18-5-7-25(37)20(14-18)16-22(32)27(39)35-23/h5-8,14-15,22-24,33,37-38H,1-4,9-13,16-17,30-32H2,(H,34,40)(H,35,39)(H,36,41)/t22-,23+,24+/m0/s1. The summed E-state index contributed by atoms with van der Waals surface area (Å²) in [6, 6.07) is 6.92. The van der Waals surface area contributed by atoms with Gasteiger partial charge in [-0.05, 0) is 98.4 Å². The van der Waals surface area contributed by atoms with Crippen molar-refractivity contribution in [2.75, 3.05) is 32.7 Å². The zero-order chi connectivity index (χ0) is 29.8. The fraction of sp³-hybridized carbons (Fsp3) is 0.483. The van der Waals surface area contributed by atoms with Crippen molar-refractivity contribution in [3.63, 3.8) is 0 Å². The number of aromatic hydroxyl groups is 2. The Balaban J connectivity index is 1.92. The second-order valence-electron chi connectivity index (χ2n) is 10.3. The summed E-state index contributed by atoms with van der Waals surface area (Å²) in [4.78, 5) is 39.7. The molecule has 41 heavy (non-hydrogen) atoms. The van der Waals surface area contributed by atoms with Gasteiger partial charge in [0.25, 0.3) is 0 Å². The molecule has 0 unspecified atom stereocenters. The molecule has 224 valence electrons. The third-order valence-corrected chi connectivity index (χ3v) is 7.04. The molecular formula is C29H43N7O5. The Morgan fingerprint density at radius 3 is 2.07 bits per heavy atom. The minimum atomic E-state index is -1.04. The molecule has 3 rings (SSSR count). The Bertz CT molecular complexity index is 1190. The van der Waals surface area contributed by atoms with E-state index in [1.807, 2.05) is 0 Å². The SMILES string of the molecule is NCCCNCCCNC(=O)[C@H]1Cc2cc(ccc2O)-c2ccc(O)c(c2)C[C@H](N)C(=O)N[C@H](CCCN)C(=O)N1. The molecule has 12 nitrogen and oxygen atoms in total. The van der Waals surface area contributed by atoms with Crippen LogP contribution in [-0.4, -0.2) is 78.8 Å². The predicted octanol–water partition coefficient (Wildman–Crippen LogP) is -0.656. The van der Waals surface area contributed by atoms with Crippen molar-refractivity contribution in [1.29, 1.82) is 0 Å². The molecule has 4 bridgehead atoms. The number of hydrogen-bond donors (Lipinski definition) is 9. The lowest BCUT2D eigenvalue weighted by Crippen LogP contribution is -2.56. The number of fused-ring (bicyclic) bond motifs is 5. The second kappa shape index (κ2) is 15.9. The average molecular weight is 570 g/mol. The van der Waals surface area contributed by atoms with Crippen LogP contribution in [0.25, 0.3) is 11.1 Å². The van der Waals surface area contributed by atoms with E-state index < -0.39 is 35.8 Å². The fourth-order valence-corrected chi connectivity index (χ4v) is 4.66. The van der Waals surface area contributed by atoms with E-state index in [2.05, 4.69) is 21.3 Å². The number of nitrogens with one attached hydrogen (secondary N) is 4. The number of phenolic OH excluding ortho intramolecular Hbond substituents is 2. The highest BCUT2D eigenvalue weighted by molar-refractivity contribution is 5.93. The van der Waals surface area contributed by atoms with E-state index in [-0.39, 0.29) is 30.8 Å². The molecule has 3 amide bonds. The summed E-state index contributed by atoms with van der Waals surface area (Å²) in [5.41, 5.74) is 19.7. The quantitative estimate of drug-likeness (QED) is 0.157. The van der Waals surface area contributed by atoms with E-state index in [1.54, 1.807) is 24.3 Å². The van der Waals surface area contributed by atoms with Crippen molar-refractivity contribution in [3.05, 3.63) is 47.5 Å². The maximum atomic E-state index is 13.4. The van der Waals surface area contributed by atoms with Crippen molar-refractivity contribution in [2.24, 2.45) is 17.2 Å². The number of nitrogens with two attached hydrogens (primary N) is 3. The van der Waals surface area contributed by atoms with Gasteiger partial charge in [0, 0.05) is 19.4 Å². The predicted molar refractivity (Wildman–Crippen MR) is 157 cm³/mol. The second-order valence-corrected chi connectivity index (χ2v) is 10.3. The van der Waals surface area contributed by atoms with E-state index in [9.17, 15) is 24.6 Å².